The average molecular weight is 292 g/mol. The minimum atomic E-state index is -0.928. The van der Waals surface area contributed by atoms with E-state index in [4.69, 9.17) is 15.6 Å². The number of carbonyl (C=O) groups is 2. The first-order chi connectivity index (χ1) is 10.1. The lowest BCUT2D eigenvalue weighted by molar-refractivity contribution is -0.148. The Morgan fingerprint density at radius 2 is 2.10 bits per heavy atom. The molecule has 0 spiro atoms. The highest BCUT2D eigenvalue weighted by Gasteiger charge is 2.28. The van der Waals surface area contributed by atoms with Gasteiger partial charge in [0.2, 0.25) is 5.91 Å². The lowest BCUT2D eigenvalue weighted by Crippen LogP contribution is -2.52. The molecule has 2 rings (SSSR count). The van der Waals surface area contributed by atoms with E-state index in [1.807, 2.05) is 30.3 Å². The van der Waals surface area contributed by atoms with Crippen molar-refractivity contribution >= 4 is 11.9 Å². The Morgan fingerprint density at radius 1 is 1.38 bits per heavy atom. The average Bonchev–Trinajstić information content (AvgIpc) is 2.47. The number of carboxylic acid groups (broad SMARTS) is 1. The molecular weight excluding hydrogens is 272 g/mol. The van der Waals surface area contributed by atoms with E-state index in [0.717, 1.165) is 5.56 Å². The van der Waals surface area contributed by atoms with Crippen LogP contribution in [0, 0.1) is 0 Å². The van der Waals surface area contributed by atoms with Crippen LogP contribution in [0.2, 0.25) is 0 Å². The molecule has 1 aliphatic rings. The molecule has 1 heterocycles. The number of nitrogens with two attached hydrogens (primary N) is 1. The number of rotatable bonds is 5. The third kappa shape index (κ3) is 4.54. The largest absolute Gasteiger partial charge is 0.481 e. The van der Waals surface area contributed by atoms with Gasteiger partial charge in [0.1, 0.15) is 0 Å². The van der Waals surface area contributed by atoms with E-state index in [9.17, 15) is 9.59 Å². The first kappa shape index (κ1) is 15.5. The molecule has 1 aromatic carbocycles. The molecule has 0 bridgehead atoms. The zero-order valence-corrected chi connectivity index (χ0v) is 11.8. The standard InChI is InChI=1S/C15H20N2O4/c16-13(8-11-4-2-1-3-5-11)15(20)17-6-7-21-12(10-17)9-14(18)19/h1-5,12-13H,6-10,16H2,(H,18,19)/t12?,13-/m0/s1. The summed E-state index contributed by atoms with van der Waals surface area (Å²) in [4.78, 5) is 24.6. The topological polar surface area (TPSA) is 92.9 Å². The normalized spacial score (nSPS) is 20.0. The van der Waals surface area contributed by atoms with Crippen molar-refractivity contribution in [2.75, 3.05) is 19.7 Å². The van der Waals surface area contributed by atoms with Gasteiger partial charge in [-0.05, 0) is 12.0 Å². The van der Waals surface area contributed by atoms with Crippen molar-refractivity contribution in [2.24, 2.45) is 5.73 Å². The highest BCUT2D eigenvalue weighted by atomic mass is 16.5. The molecule has 21 heavy (non-hydrogen) atoms. The van der Waals surface area contributed by atoms with E-state index >= 15 is 0 Å². The van der Waals surface area contributed by atoms with Crippen LogP contribution in [-0.2, 0) is 20.7 Å². The van der Waals surface area contributed by atoms with E-state index < -0.39 is 18.1 Å². The molecule has 0 aliphatic carbocycles. The first-order valence-corrected chi connectivity index (χ1v) is 6.98. The minimum absolute atomic E-state index is 0.0995. The number of carbonyl (C=O) groups excluding carboxylic acids is 1. The van der Waals surface area contributed by atoms with Crippen molar-refractivity contribution in [3.8, 4) is 0 Å². The molecular formula is C15H20N2O4. The molecule has 0 saturated carbocycles. The van der Waals surface area contributed by atoms with Gasteiger partial charge in [0.15, 0.2) is 0 Å². The second-order valence-electron chi connectivity index (χ2n) is 5.17. The molecule has 0 aromatic heterocycles. The first-order valence-electron chi connectivity index (χ1n) is 6.98. The summed E-state index contributed by atoms with van der Waals surface area (Å²) in [6.07, 6.45) is -0.0812. The van der Waals surface area contributed by atoms with Crippen LogP contribution < -0.4 is 5.73 Å². The van der Waals surface area contributed by atoms with Gasteiger partial charge in [-0.15, -0.1) is 0 Å². The number of carboxylic acids is 1. The number of nitrogens with zero attached hydrogens (tertiary/aromatic N) is 1. The lowest BCUT2D eigenvalue weighted by Gasteiger charge is -2.33. The van der Waals surface area contributed by atoms with Crippen LogP contribution in [-0.4, -0.2) is 53.7 Å². The number of morpholine rings is 1. The summed E-state index contributed by atoms with van der Waals surface area (Å²) in [6, 6.07) is 8.97. The Morgan fingerprint density at radius 3 is 2.76 bits per heavy atom. The van der Waals surface area contributed by atoms with Crippen LogP contribution in [0.25, 0.3) is 0 Å². The molecule has 1 aromatic rings. The summed E-state index contributed by atoms with van der Waals surface area (Å²) in [5.41, 5.74) is 6.99. The molecule has 1 saturated heterocycles. The Labute approximate surface area is 123 Å². The summed E-state index contributed by atoms with van der Waals surface area (Å²) < 4.78 is 5.35. The molecule has 6 heteroatoms. The van der Waals surface area contributed by atoms with E-state index in [0.29, 0.717) is 19.6 Å². The minimum Gasteiger partial charge on any atom is -0.481 e. The van der Waals surface area contributed by atoms with Crippen molar-refractivity contribution in [1.82, 2.24) is 4.90 Å². The van der Waals surface area contributed by atoms with E-state index in [1.54, 1.807) is 4.90 Å². The maximum Gasteiger partial charge on any atom is 0.306 e. The Kier molecular flexibility index (Phi) is 5.30. The van der Waals surface area contributed by atoms with Gasteiger partial charge in [-0.3, -0.25) is 9.59 Å². The van der Waals surface area contributed by atoms with Crippen molar-refractivity contribution in [2.45, 2.75) is 25.0 Å². The molecule has 3 N–H and O–H groups in total. The number of ether oxygens (including phenoxy) is 1. The van der Waals surface area contributed by atoms with Gasteiger partial charge in [-0.25, -0.2) is 0 Å². The lowest BCUT2D eigenvalue weighted by atomic mass is 10.0. The van der Waals surface area contributed by atoms with Crippen LogP contribution in [0.15, 0.2) is 30.3 Å². The summed E-state index contributed by atoms with van der Waals surface area (Å²) in [5.74, 6) is -1.08. The van der Waals surface area contributed by atoms with Crippen molar-refractivity contribution < 1.29 is 19.4 Å². The van der Waals surface area contributed by atoms with Crippen LogP contribution in [0.1, 0.15) is 12.0 Å². The van der Waals surface area contributed by atoms with Gasteiger partial charge in [-0.2, -0.15) is 0 Å². The summed E-state index contributed by atoms with van der Waals surface area (Å²) in [5, 5.41) is 8.79. The SMILES string of the molecule is N[C@@H](Cc1ccccc1)C(=O)N1CCOC(CC(=O)O)C1. The van der Waals surface area contributed by atoms with E-state index in [-0.39, 0.29) is 18.9 Å². The van der Waals surface area contributed by atoms with Gasteiger partial charge < -0.3 is 20.5 Å². The van der Waals surface area contributed by atoms with E-state index in [1.165, 1.54) is 0 Å². The molecule has 114 valence electrons. The number of hydrogen-bond acceptors (Lipinski definition) is 4. The zero-order valence-electron chi connectivity index (χ0n) is 11.8. The van der Waals surface area contributed by atoms with Crippen LogP contribution in [0.3, 0.4) is 0 Å². The predicted octanol–water partition coefficient (Wildman–Crippen LogP) is 0.259. The van der Waals surface area contributed by atoms with Crippen molar-refractivity contribution in [1.29, 1.82) is 0 Å². The molecule has 1 aliphatic heterocycles. The maximum absolute atomic E-state index is 12.3. The summed E-state index contributed by atoms with van der Waals surface area (Å²) in [7, 11) is 0. The number of amides is 1. The second kappa shape index (κ2) is 7.19. The van der Waals surface area contributed by atoms with Crippen molar-refractivity contribution in [3.05, 3.63) is 35.9 Å². The molecule has 1 fully saturated rings. The monoisotopic (exact) mass is 292 g/mol. The van der Waals surface area contributed by atoms with Crippen molar-refractivity contribution in [3.63, 3.8) is 0 Å². The summed E-state index contributed by atoms with van der Waals surface area (Å²) >= 11 is 0. The molecule has 0 radical (unpaired) electrons. The molecule has 6 nitrogen and oxygen atoms in total. The van der Waals surface area contributed by atoms with Gasteiger partial charge in [-0.1, -0.05) is 30.3 Å². The Hall–Kier alpha value is -1.92. The smallest absolute Gasteiger partial charge is 0.306 e. The Balaban J connectivity index is 1.91. The third-order valence-electron chi connectivity index (χ3n) is 3.47. The molecule has 1 amide bonds. The highest BCUT2D eigenvalue weighted by molar-refractivity contribution is 5.82. The predicted molar refractivity (Wildman–Crippen MR) is 76.7 cm³/mol. The third-order valence-corrected chi connectivity index (χ3v) is 3.47. The molecule has 2 atom stereocenters. The van der Waals surface area contributed by atoms with Gasteiger partial charge in [0, 0.05) is 13.1 Å². The van der Waals surface area contributed by atoms with Gasteiger partial charge >= 0.3 is 5.97 Å². The fourth-order valence-corrected chi connectivity index (χ4v) is 2.43. The summed E-state index contributed by atoms with van der Waals surface area (Å²) in [6.45, 7) is 1.09. The zero-order chi connectivity index (χ0) is 15.2. The van der Waals surface area contributed by atoms with Gasteiger partial charge in [0.25, 0.3) is 0 Å². The number of aliphatic carboxylic acids is 1. The second-order valence-corrected chi connectivity index (χ2v) is 5.17. The fraction of sp³-hybridized carbons (Fsp3) is 0.467. The number of benzene rings is 1. The molecule has 1 unspecified atom stereocenters. The van der Waals surface area contributed by atoms with Crippen LogP contribution in [0.5, 0.6) is 0 Å². The fourth-order valence-electron chi connectivity index (χ4n) is 2.43. The van der Waals surface area contributed by atoms with E-state index in [2.05, 4.69) is 0 Å². The maximum atomic E-state index is 12.3. The quantitative estimate of drug-likeness (QED) is 0.812. The Bertz CT molecular complexity index is 492. The van der Waals surface area contributed by atoms with Gasteiger partial charge in [0.05, 0.1) is 25.2 Å². The number of hydrogen-bond donors (Lipinski definition) is 2. The van der Waals surface area contributed by atoms with Crippen LogP contribution >= 0.6 is 0 Å². The highest BCUT2D eigenvalue weighted by Crippen LogP contribution is 2.11. The van der Waals surface area contributed by atoms with Crippen LogP contribution in [0.4, 0.5) is 0 Å².